The van der Waals surface area contributed by atoms with Gasteiger partial charge in [-0.25, -0.2) is 4.98 Å². The van der Waals surface area contributed by atoms with Gasteiger partial charge in [0.15, 0.2) is 0 Å². The molecule has 2 aromatic rings. The van der Waals surface area contributed by atoms with Gasteiger partial charge >= 0.3 is 8.18 Å². The fraction of sp³-hybridized carbons (Fsp3) is 0. The van der Waals surface area contributed by atoms with Crippen LogP contribution in [0.15, 0.2) is 18.3 Å². The molecule has 0 saturated heterocycles. The van der Waals surface area contributed by atoms with E-state index in [-0.39, 0.29) is 5.65 Å². The third kappa shape index (κ3) is 0.975. The number of rotatable bonds is 1. The van der Waals surface area contributed by atoms with E-state index in [0.29, 0.717) is 5.52 Å². The van der Waals surface area contributed by atoms with Gasteiger partial charge in [-0.3, -0.25) is 0 Å². The van der Waals surface area contributed by atoms with Crippen LogP contribution in [-0.2, 0) is 4.57 Å². The lowest BCUT2D eigenvalue weighted by Gasteiger charge is -1.85. The Kier molecular flexibility index (Phi) is 1.56. The average Bonchev–Trinajstić information content (AvgIpc) is 2.47. The molecule has 2 aromatic heterocycles. The summed E-state index contributed by atoms with van der Waals surface area (Å²) in [5, 5.41) is 7.01. The summed E-state index contributed by atoms with van der Waals surface area (Å²) in [6.45, 7) is 0. The average molecular weight is 182 g/mol. The third-order valence-electron chi connectivity index (χ3n) is 1.35. The zero-order valence-electron chi connectivity index (χ0n) is 5.78. The summed E-state index contributed by atoms with van der Waals surface area (Å²) < 4.78 is 11.3. The lowest BCUT2D eigenvalue weighted by Crippen LogP contribution is -1.99. The molecule has 60 valence electrons. The molecule has 7 heteroatoms. The number of hydrogen-bond donors (Lipinski definition) is 0. The first-order valence-corrected chi connectivity index (χ1v) is 4.23. The van der Waals surface area contributed by atoms with E-state index in [1.165, 1.54) is 6.20 Å². The van der Waals surface area contributed by atoms with Crippen LogP contribution in [0.4, 0.5) is 0 Å². The highest BCUT2D eigenvalue weighted by molar-refractivity contribution is 7.34. The summed E-state index contributed by atoms with van der Waals surface area (Å²) in [5.41, 5.74) is 0.727. The first-order valence-electron chi connectivity index (χ1n) is 3.10. The second-order valence-corrected chi connectivity index (χ2v) is 2.92. The topological polar surface area (TPSA) is 83.7 Å². The van der Waals surface area contributed by atoms with Crippen molar-refractivity contribution in [2.75, 3.05) is 0 Å². The number of hydrogen-bond acceptors (Lipinski definition) is 5. The van der Waals surface area contributed by atoms with Crippen molar-refractivity contribution in [1.82, 2.24) is 19.7 Å². The van der Waals surface area contributed by atoms with Gasteiger partial charge in [0, 0.05) is 6.20 Å². The van der Waals surface area contributed by atoms with Gasteiger partial charge in [0.25, 0.3) is 0 Å². The first-order chi connectivity index (χ1) is 5.79. The Labute approximate surface area is 67.8 Å². The van der Waals surface area contributed by atoms with Crippen LogP contribution < -0.4 is 4.89 Å². The molecular formula is C5H3N4O2P. The van der Waals surface area contributed by atoms with E-state index >= 15 is 0 Å². The standard InChI is InChI=1S/C5H3N4O2P/c10-12(11)9-5-4(7-8-9)2-1-3-6-5/h1-3H. The van der Waals surface area contributed by atoms with Crippen molar-refractivity contribution < 1.29 is 9.46 Å². The number of fused-ring (bicyclic) bond motifs is 1. The monoisotopic (exact) mass is 182 g/mol. The molecule has 0 fully saturated rings. The second-order valence-electron chi connectivity index (χ2n) is 2.06. The zero-order chi connectivity index (χ0) is 8.55. The van der Waals surface area contributed by atoms with Crippen LogP contribution in [0.3, 0.4) is 0 Å². The van der Waals surface area contributed by atoms with Gasteiger partial charge in [0.05, 0.1) is 0 Å². The van der Waals surface area contributed by atoms with E-state index in [1.807, 2.05) is 0 Å². The Hall–Kier alpha value is -1.39. The molecule has 2 rings (SSSR count). The van der Waals surface area contributed by atoms with Crippen molar-refractivity contribution in [2.24, 2.45) is 0 Å². The first kappa shape index (κ1) is 7.27. The van der Waals surface area contributed by atoms with Gasteiger partial charge in [-0.05, 0) is 26.4 Å². The summed E-state index contributed by atoms with van der Waals surface area (Å²) in [6.07, 6.45) is 1.49. The molecule has 0 bridgehead atoms. The molecule has 2 heterocycles. The molecule has 0 spiro atoms. The predicted octanol–water partition coefficient (Wildman–Crippen LogP) is -0.308. The van der Waals surface area contributed by atoms with Gasteiger partial charge in [-0.1, -0.05) is 0 Å². The molecule has 0 amide bonds. The zero-order valence-corrected chi connectivity index (χ0v) is 6.68. The highest BCUT2D eigenvalue weighted by Crippen LogP contribution is 2.16. The third-order valence-corrected chi connectivity index (χ3v) is 1.93. The lowest BCUT2D eigenvalue weighted by molar-refractivity contribution is -0.167. The minimum atomic E-state index is -2.78. The van der Waals surface area contributed by atoms with E-state index in [4.69, 9.17) is 0 Å². The molecular weight excluding hydrogens is 179 g/mol. The van der Waals surface area contributed by atoms with E-state index in [1.54, 1.807) is 12.1 Å². The number of pyridine rings is 1. The molecule has 0 aliphatic heterocycles. The molecule has 6 nitrogen and oxygen atoms in total. The maximum Gasteiger partial charge on any atom is 0.465 e. The van der Waals surface area contributed by atoms with Gasteiger partial charge in [-0.2, -0.15) is 0 Å². The Morgan fingerprint density at radius 3 is 3.17 bits per heavy atom. The minimum Gasteiger partial charge on any atom is -0.571 e. The molecule has 0 radical (unpaired) electrons. The second kappa shape index (κ2) is 2.58. The molecule has 1 atom stereocenters. The van der Waals surface area contributed by atoms with Crippen LogP contribution in [0, 0.1) is 0 Å². The van der Waals surface area contributed by atoms with E-state index in [2.05, 4.69) is 15.3 Å². The number of aromatic nitrogens is 4. The van der Waals surface area contributed by atoms with Crippen LogP contribution >= 0.6 is 8.18 Å². The van der Waals surface area contributed by atoms with Crippen molar-refractivity contribution in [2.45, 2.75) is 0 Å². The molecule has 0 saturated carbocycles. The Balaban J connectivity index is 2.79. The predicted molar refractivity (Wildman–Crippen MR) is 38.3 cm³/mol. The van der Waals surface area contributed by atoms with Crippen molar-refractivity contribution >= 4 is 19.3 Å². The quantitative estimate of drug-likeness (QED) is 0.565. The largest absolute Gasteiger partial charge is 0.571 e. The van der Waals surface area contributed by atoms with Crippen LogP contribution in [0.25, 0.3) is 11.2 Å². The summed E-state index contributed by atoms with van der Waals surface area (Å²) >= 11 is 0. The molecule has 1 unspecified atom stereocenters. The molecule has 12 heavy (non-hydrogen) atoms. The normalized spacial score (nSPS) is 11.9. The fourth-order valence-electron chi connectivity index (χ4n) is 0.864. The van der Waals surface area contributed by atoms with E-state index < -0.39 is 8.18 Å². The van der Waals surface area contributed by atoms with Gasteiger partial charge in [0.1, 0.15) is 5.52 Å². The van der Waals surface area contributed by atoms with Crippen LogP contribution in [0.2, 0.25) is 0 Å². The van der Waals surface area contributed by atoms with Crippen molar-refractivity contribution in [1.29, 1.82) is 0 Å². The molecule has 0 N–H and O–H groups in total. The Morgan fingerprint density at radius 2 is 2.42 bits per heavy atom. The summed E-state index contributed by atoms with van der Waals surface area (Å²) in [4.78, 5) is 14.4. The van der Waals surface area contributed by atoms with Crippen molar-refractivity contribution in [3.63, 3.8) is 0 Å². The maximum atomic E-state index is 10.5. The lowest BCUT2D eigenvalue weighted by atomic mass is 10.4. The summed E-state index contributed by atoms with van der Waals surface area (Å²) in [5.74, 6) is 0. The summed E-state index contributed by atoms with van der Waals surface area (Å²) in [7, 11) is -2.78. The van der Waals surface area contributed by atoms with Crippen molar-refractivity contribution in [3.05, 3.63) is 18.3 Å². The van der Waals surface area contributed by atoms with Crippen LogP contribution in [0.1, 0.15) is 0 Å². The van der Waals surface area contributed by atoms with Gasteiger partial charge in [0.2, 0.25) is 5.65 Å². The molecule has 0 aromatic carbocycles. The van der Waals surface area contributed by atoms with Gasteiger partial charge in [-0.15, -0.1) is 5.10 Å². The van der Waals surface area contributed by atoms with Crippen LogP contribution in [-0.4, -0.2) is 19.7 Å². The van der Waals surface area contributed by atoms with Crippen LogP contribution in [0.5, 0.6) is 0 Å². The summed E-state index contributed by atoms with van der Waals surface area (Å²) in [6, 6.07) is 3.31. The SMILES string of the molecule is O=[P+]([O-])n1nnc2cccnc21. The smallest absolute Gasteiger partial charge is 0.465 e. The molecule has 0 aliphatic rings. The fourth-order valence-corrected chi connectivity index (χ4v) is 1.28. The van der Waals surface area contributed by atoms with E-state index in [9.17, 15) is 9.46 Å². The maximum absolute atomic E-state index is 10.5. The number of nitrogens with zero attached hydrogens (tertiary/aromatic N) is 4. The van der Waals surface area contributed by atoms with Gasteiger partial charge < -0.3 is 4.89 Å². The Bertz CT molecular complexity index is 440. The van der Waals surface area contributed by atoms with Crippen molar-refractivity contribution in [3.8, 4) is 0 Å². The highest BCUT2D eigenvalue weighted by Gasteiger charge is 2.13. The minimum absolute atomic E-state index is 0.258. The Morgan fingerprint density at radius 1 is 1.58 bits per heavy atom. The molecule has 0 aliphatic carbocycles. The van der Waals surface area contributed by atoms with E-state index in [0.717, 1.165) is 4.45 Å². The highest BCUT2D eigenvalue weighted by atomic mass is 31.1.